The van der Waals surface area contributed by atoms with Gasteiger partial charge in [-0.05, 0) is 13.0 Å². The summed E-state index contributed by atoms with van der Waals surface area (Å²) in [4.78, 5) is 8.73. The third kappa shape index (κ3) is 3.79. The molecule has 110 valence electrons. The summed E-state index contributed by atoms with van der Waals surface area (Å²) in [5.41, 5.74) is 3.54. The molecule has 5 heteroatoms. The molecule has 0 unspecified atom stereocenters. The van der Waals surface area contributed by atoms with Crippen LogP contribution in [0, 0.1) is 0 Å². The second kappa shape index (κ2) is 6.85. The highest BCUT2D eigenvalue weighted by Crippen LogP contribution is 2.27. The molecule has 0 saturated heterocycles. The summed E-state index contributed by atoms with van der Waals surface area (Å²) < 4.78 is 5.90. The van der Waals surface area contributed by atoms with Crippen molar-refractivity contribution in [1.29, 1.82) is 0 Å². The summed E-state index contributed by atoms with van der Waals surface area (Å²) in [6.07, 6.45) is 3.95. The quantitative estimate of drug-likeness (QED) is 0.646. The Bertz CT molecular complexity index is 638. The first-order valence-electron chi connectivity index (χ1n) is 6.89. The van der Waals surface area contributed by atoms with Gasteiger partial charge in [-0.3, -0.25) is 0 Å². The molecule has 2 aromatic rings. The fourth-order valence-electron chi connectivity index (χ4n) is 1.83. The van der Waals surface area contributed by atoms with Crippen LogP contribution >= 0.6 is 0 Å². The molecule has 0 saturated carbocycles. The van der Waals surface area contributed by atoms with E-state index in [1.807, 2.05) is 57.2 Å². The number of ether oxygens (including phenoxy) is 1. The number of hydrogen-bond donors (Lipinski definition) is 2. The van der Waals surface area contributed by atoms with Gasteiger partial charge in [0.25, 0.3) is 0 Å². The van der Waals surface area contributed by atoms with E-state index in [9.17, 15) is 0 Å². The van der Waals surface area contributed by atoms with Crippen LogP contribution in [0.15, 0.2) is 36.4 Å². The molecule has 0 aliphatic rings. The smallest absolute Gasteiger partial charge is 0.224 e. The summed E-state index contributed by atoms with van der Waals surface area (Å²) in [6.45, 7) is 6.01. The number of benzene rings is 1. The Balaban J connectivity index is 2.37. The number of para-hydroxylation sites is 1. The van der Waals surface area contributed by atoms with Gasteiger partial charge in [0.05, 0.1) is 0 Å². The molecule has 0 aliphatic heterocycles. The lowest BCUT2D eigenvalue weighted by atomic mass is 10.2. The molecular formula is C16H20N4O. The van der Waals surface area contributed by atoms with Crippen LogP contribution in [0.2, 0.25) is 0 Å². The SMILES string of the molecule is C/C=C/c1ccccc1Oc1cc(NN)nc(C(C)C)n1. The number of hydrazine groups is 1. The fourth-order valence-corrected chi connectivity index (χ4v) is 1.83. The molecule has 0 spiro atoms. The fraction of sp³-hybridized carbons (Fsp3) is 0.250. The number of hydrogen-bond acceptors (Lipinski definition) is 5. The minimum Gasteiger partial charge on any atom is -0.438 e. The highest BCUT2D eigenvalue weighted by atomic mass is 16.5. The van der Waals surface area contributed by atoms with Crippen molar-refractivity contribution in [2.45, 2.75) is 26.7 Å². The Hall–Kier alpha value is -2.40. The second-order valence-electron chi connectivity index (χ2n) is 4.89. The monoisotopic (exact) mass is 284 g/mol. The number of rotatable bonds is 5. The van der Waals surface area contributed by atoms with Crippen molar-refractivity contribution < 1.29 is 4.74 Å². The van der Waals surface area contributed by atoms with Crippen LogP contribution in [-0.2, 0) is 0 Å². The van der Waals surface area contributed by atoms with Crippen LogP contribution in [-0.4, -0.2) is 9.97 Å². The van der Waals surface area contributed by atoms with Gasteiger partial charge >= 0.3 is 0 Å². The van der Waals surface area contributed by atoms with Crippen molar-refractivity contribution in [3.63, 3.8) is 0 Å². The summed E-state index contributed by atoms with van der Waals surface area (Å²) in [6, 6.07) is 9.46. The van der Waals surface area contributed by atoms with Crippen molar-refractivity contribution in [3.05, 3.63) is 47.8 Å². The second-order valence-corrected chi connectivity index (χ2v) is 4.89. The third-order valence-corrected chi connectivity index (χ3v) is 2.86. The van der Waals surface area contributed by atoms with Gasteiger partial charge in [-0.1, -0.05) is 44.2 Å². The summed E-state index contributed by atoms with van der Waals surface area (Å²) in [7, 11) is 0. The lowest BCUT2D eigenvalue weighted by Crippen LogP contribution is -2.11. The number of anilines is 1. The van der Waals surface area contributed by atoms with Crippen molar-refractivity contribution in [2.75, 3.05) is 5.43 Å². The molecule has 1 aromatic heterocycles. The van der Waals surface area contributed by atoms with Crippen LogP contribution < -0.4 is 16.0 Å². The Labute approximate surface area is 124 Å². The maximum absolute atomic E-state index is 5.90. The van der Waals surface area contributed by atoms with Gasteiger partial charge in [0.1, 0.15) is 17.4 Å². The first-order chi connectivity index (χ1) is 10.1. The van der Waals surface area contributed by atoms with Gasteiger partial charge < -0.3 is 10.2 Å². The normalized spacial score (nSPS) is 11.1. The number of allylic oxidation sites excluding steroid dienone is 1. The molecule has 1 aromatic carbocycles. The molecule has 3 N–H and O–H groups in total. The summed E-state index contributed by atoms with van der Waals surface area (Å²) >= 11 is 0. The van der Waals surface area contributed by atoms with Crippen LogP contribution in [0.4, 0.5) is 5.82 Å². The van der Waals surface area contributed by atoms with Crippen molar-refractivity contribution in [1.82, 2.24) is 9.97 Å². The molecule has 2 rings (SSSR count). The molecule has 5 nitrogen and oxygen atoms in total. The number of nitrogen functional groups attached to an aromatic ring is 1. The zero-order chi connectivity index (χ0) is 15.2. The van der Waals surface area contributed by atoms with Gasteiger partial charge in [-0.2, -0.15) is 4.98 Å². The summed E-state index contributed by atoms with van der Waals surface area (Å²) in [5.74, 6) is 8.07. The molecular weight excluding hydrogens is 264 g/mol. The van der Waals surface area contributed by atoms with Gasteiger partial charge in [-0.25, -0.2) is 10.8 Å². The Kier molecular flexibility index (Phi) is 4.90. The molecule has 0 fully saturated rings. The van der Waals surface area contributed by atoms with E-state index in [-0.39, 0.29) is 5.92 Å². The maximum Gasteiger partial charge on any atom is 0.224 e. The molecule has 0 bridgehead atoms. The number of aromatic nitrogens is 2. The predicted octanol–water partition coefficient (Wildman–Crippen LogP) is 3.71. The average Bonchev–Trinajstić information content (AvgIpc) is 2.49. The van der Waals surface area contributed by atoms with Gasteiger partial charge in [-0.15, -0.1) is 0 Å². The standard InChI is InChI=1S/C16H20N4O/c1-4-7-12-8-5-6-9-13(12)21-15-10-14(20-17)18-16(19-15)11(2)3/h4-11H,17H2,1-3H3,(H,18,19,20)/b7-4+. The van der Waals surface area contributed by atoms with E-state index in [0.29, 0.717) is 17.5 Å². The topological polar surface area (TPSA) is 73.1 Å². The Morgan fingerprint density at radius 2 is 2.00 bits per heavy atom. The zero-order valence-electron chi connectivity index (χ0n) is 12.5. The lowest BCUT2D eigenvalue weighted by molar-refractivity contribution is 0.456. The van der Waals surface area contributed by atoms with Gasteiger partial charge in [0.15, 0.2) is 0 Å². The lowest BCUT2D eigenvalue weighted by Gasteiger charge is -2.12. The molecule has 1 heterocycles. The molecule has 21 heavy (non-hydrogen) atoms. The first-order valence-corrected chi connectivity index (χ1v) is 6.89. The first kappa shape index (κ1) is 15.0. The zero-order valence-corrected chi connectivity index (χ0v) is 12.5. The van der Waals surface area contributed by atoms with E-state index < -0.39 is 0 Å². The van der Waals surface area contributed by atoms with E-state index in [1.165, 1.54) is 0 Å². The number of nitrogens with zero attached hydrogens (tertiary/aromatic N) is 2. The van der Waals surface area contributed by atoms with E-state index in [4.69, 9.17) is 10.6 Å². The minimum absolute atomic E-state index is 0.187. The van der Waals surface area contributed by atoms with Crippen molar-refractivity contribution >= 4 is 11.9 Å². The van der Waals surface area contributed by atoms with Crippen LogP contribution in [0.5, 0.6) is 11.6 Å². The maximum atomic E-state index is 5.90. The predicted molar refractivity (Wildman–Crippen MR) is 85.2 cm³/mol. The van der Waals surface area contributed by atoms with Gasteiger partial charge in [0, 0.05) is 17.5 Å². The third-order valence-electron chi connectivity index (χ3n) is 2.86. The Morgan fingerprint density at radius 3 is 2.67 bits per heavy atom. The molecule has 0 radical (unpaired) electrons. The van der Waals surface area contributed by atoms with Crippen LogP contribution in [0.25, 0.3) is 6.08 Å². The number of nitrogens with one attached hydrogen (secondary N) is 1. The molecule has 0 atom stereocenters. The van der Waals surface area contributed by atoms with E-state index >= 15 is 0 Å². The molecule has 0 aliphatic carbocycles. The average molecular weight is 284 g/mol. The van der Waals surface area contributed by atoms with Crippen LogP contribution in [0.3, 0.4) is 0 Å². The molecule has 0 amide bonds. The largest absolute Gasteiger partial charge is 0.438 e. The summed E-state index contributed by atoms with van der Waals surface area (Å²) in [5, 5.41) is 0. The highest BCUT2D eigenvalue weighted by molar-refractivity contribution is 5.57. The van der Waals surface area contributed by atoms with Gasteiger partial charge in [0.2, 0.25) is 5.88 Å². The van der Waals surface area contributed by atoms with E-state index in [2.05, 4.69) is 15.4 Å². The van der Waals surface area contributed by atoms with Crippen molar-refractivity contribution in [2.24, 2.45) is 5.84 Å². The Morgan fingerprint density at radius 1 is 1.24 bits per heavy atom. The van der Waals surface area contributed by atoms with E-state index in [0.717, 1.165) is 11.3 Å². The minimum atomic E-state index is 0.187. The van der Waals surface area contributed by atoms with Crippen LogP contribution in [0.1, 0.15) is 38.1 Å². The van der Waals surface area contributed by atoms with Crippen molar-refractivity contribution in [3.8, 4) is 11.6 Å². The van der Waals surface area contributed by atoms with E-state index in [1.54, 1.807) is 6.07 Å². The number of nitrogens with two attached hydrogens (primary N) is 1. The highest BCUT2D eigenvalue weighted by Gasteiger charge is 2.10.